The summed E-state index contributed by atoms with van der Waals surface area (Å²) in [5.74, 6) is -0.500. The van der Waals surface area contributed by atoms with Crippen molar-refractivity contribution in [3.05, 3.63) is 30.1 Å². The molecule has 1 aromatic rings. The van der Waals surface area contributed by atoms with E-state index in [1.54, 1.807) is 0 Å². The number of nitrogens with one attached hydrogen (secondary N) is 1. The molecule has 23 heavy (non-hydrogen) atoms. The first-order valence-corrected chi connectivity index (χ1v) is 9.35. The number of rotatable bonds is 7. The van der Waals surface area contributed by atoms with Gasteiger partial charge in [-0.05, 0) is 43.5 Å². The molecule has 1 saturated carbocycles. The first-order valence-electron chi connectivity index (χ1n) is 7.91. The Morgan fingerprint density at radius 2 is 1.87 bits per heavy atom. The lowest BCUT2D eigenvalue weighted by Gasteiger charge is -2.17. The van der Waals surface area contributed by atoms with E-state index in [9.17, 15) is 17.6 Å². The van der Waals surface area contributed by atoms with E-state index < -0.39 is 15.8 Å². The predicted octanol–water partition coefficient (Wildman–Crippen LogP) is 2.29. The minimum absolute atomic E-state index is 0.0236. The maximum Gasteiger partial charge on any atom is 0.242 e. The van der Waals surface area contributed by atoms with Crippen LogP contribution in [0.4, 0.5) is 4.39 Å². The second kappa shape index (κ2) is 7.88. The van der Waals surface area contributed by atoms with Crippen LogP contribution in [0.15, 0.2) is 29.2 Å². The van der Waals surface area contributed by atoms with Crippen LogP contribution in [-0.2, 0) is 14.8 Å². The highest BCUT2D eigenvalue weighted by molar-refractivity contribution is 7.89. The second-order valence-electron chi connectivity index (χ2n) is 5.93. The van der Waals surface area contributed by atoms with E-state index in [4.69, 9.17) is 0 Å². The van der Waals surface area contributed by atoms with E-state index in [1.165, 1.54) is 23.5 Å². The maximum absolute atomic E-state index is 12.9. The van der Waals surface area contributed by atoms with Gasteiger partial charge in [0, 0.05) is 26.1 Å². The summed E-state index contributed by atoms with van der Waals surface area (Å²) in [5, 5.41) is 2.98. The number of carbonyl (C=O) groups is 1. The minimum Gasteiger partial charge on any atom is -0.353 e. The van der Waals surface area contributed by atoms with Crippen LogP contribution in [0.25, 0.3) is 0 Å². The minimum atomic E-state index is -3.64. The van der Waals surface area contributed by atoms with Gasteiger partial charge in [-0.15, -0.1) is 0 Å². The van der Waals surface area contributed by atoms with Crippen molar-refractivity contribution in [1.82, 2.24) is 9.62 Å². The molecule has 0 heterocycles. The summed E-state index contributed by atoms with van der Waals surface area (Å²) in [5.41, 5.74) is 0. The number of hydrogen-bond acceptors (Lipinski definition) is 3. The van der Waals surface area contributed by atoms with Gasteiger partial charge >= 0.3 is 0 Å². The van der Waals surface area contributed by atoms with Gasteiger partial charge in [0.25, 0.3) is 0 Å². The summed E-state index contributed by atoms with van der Waals surface area (Å²) in [6, 6.07) is 5.01. The number of hydrogen-bond donors (Lipinski definition) is 1. The molecular formula is C16H23FN2O3S. The number of amides is 1. The van der Waals surface area contributed by atoms with Crippen LogP contribution >= 0.6 is 0 Å². The highest BCUT2D eigenvalue weighted by atomic mass is 32.2. The normalized spacial score (nSPS) is 16.0. The number of carbonyl (C=O) groups excluding carboxylic acids is 1. The van der Waals surface area contributed by atoms with Crippen LogP contribution in [0.3, 0.4) is 0 Å². The number of nitrogens with zero attached hydrogens (tertiary/aromatic N) is 1. The van der Waals surface area contributed by atoms with Crippen LogP contribution in [0.5, 0.6) is 0 Å². The molecule has 1 aliphatic rings. The molecule has 1 aromatic carbocycles. The number of sulfonamides is 1. The zero-order valence-electron chi connectivity index (χ0n) is 13.3. The standard InChI is InChI=1S/C16H23FN2O3S/c1-19(23(21,22)15-10-8-13(17)9-11-15)12-4-7-16(20)18-14-5-2-3-6-14/h8-11,14H,2-7,12H2,1H3,(H,18,20). The highest BCUT2D eigenvalue weighted by Gasteiger charge is 2.21. The van der Waals surface area contributed by atoms with E-state index in [0.717, 1.165) is 37.8 Å². The number of halogens is 1. The van der Waals surface area contributed by atoms with Crippen LogP contribution in [0.2, 0.25) is 0 Å². The van der Waals surface area contributed by atoms with Gasteiger partial charge in [0.15, 0.2) is 0 Å². The zero-order chi connectivity index (χ0) is 16.9. The van der Waals surface area contributed by atoms with Crippen molar-refractivity contribution < 1.29 is 17.6 Å². The number of benzene rings is 1. The van der Waals surface area contributed by atoms with E-state index in [0.29, 0.717) is 12.8 Å². The van der Waals surface area contributed by atoms with Crippen molar-refractivity contribution in [3.8, 4) is 0 Å². The third-order valence-corrected chi connectivity index (χ3v) is 5.99. The van der Waals surface area contributed by atoms with Crippen LogP contribution in [0.1, 0.15) is 38.5 Å². The van der Waals surface area contributed by atoms with Crippen molar-refractivity contribution in [2.75, 3.05) is 13.6 Å². The topological polar surface area (TPSA) is 66.5 Å². The molecule has 0 aliphatic heterocycles. The SMILES string of the molecule is CN(CCCC(=O)NC1CCCC1)S(=O)(=O)c1ccc(F)cc1. The first-order chi connectivity index (χ1) is 10.9. The summed E-state index contributed by atoms with van der Waals surface area (Å²) >= 11 is 0. The molecule has 0 bridgehead atoms. The van der Waals surface area contributed by atoms with Gasteiger partial charge in [0.05, 0.1) is 4.90 Å². The Morgan fingerprint density at radius 1 is 1.26 bits per heavy atom. The fraction of sp³-hybridized carbons (Fsp3) is 0.562. The van der Waals surface area contributed by atoms with E-state index >= 15 is 0 Å². The molecule has 2 rings (SSSR count). The van der Waals surface area contributed by atoms with Gasteiger partial charge in [-0.1, -0.05) is 12.8 Å². The molecule has 1 N–H and O–H groups in total. The van der Waals surface area contributed by atoms with E-state index in [2.05, 4.69) is 5.32 Å². The lowest BCUT2D eigenvalue weighted by Crippen LogP contribution is -2.33. The Balaban J connectivity index is 1.80. The van der Waals surface area contributed by atoms with Crippen LogP contribution < -0.4 is 5.32 Å². The molecule has 0 unspecified atom stereocenters. The summed E-state index contributed by atoms with van der Waals surface area (Å²) in [7, 11) is -2.18. The zero-order valence-corrected chi connectivity index (χ0v) is 14.1. The van der Waals surface area contributed by atoms with Gasteiger partial charge in [-0.25, -0.2) is 17.1 Å². The Hall–Kier alpha value is -1.47. The van der Waals surface area contributed by atoms with Gasteiger partial charge in [0.2, 0.25) is 15.9 Å². The molecule has 0 spiro atoms. The fourth-order valence-electron chi connectivity index (χ4n) is 2.74. The average Bonchev–Trinajstić information content (AvgIpc) is 3.00. The van der Waals surface area contributed by atoms with Gasteiger partial charge < -0.3 is 5.32 Å². The molecule has 1 amide bonds. The Morgan fingerprint density at radius 3 is 2.48 bits per heavy atom. The summed E-state index contributed by atoms with van der Waals surface area (Å²) in [4.78, 5) is 11.9. The molecule has 1 aliphatic carbocycles. The highest BCUT2D eigenvalue weighted by Crippen LogP contribution is 2.18. The largest absolute Gasteiger partial charge is 0.353 e. The molecular weight excluding hydrogens is 319 g/mol. The summed E-state index contributed by atoms with van der Waals surface area (Å²) < 4.78 is 38.7. The van der Waals surface area contributed by atoms with Crippen LogP contribution in [0, 0.1) is 5.82 Å². The van der Waals surface area contributed by atoms with Crippen molar-refractivity contribution in [2.24, 2.45) is 0 Å². The Kier molecular flexibility index (Phi) is 6.12. The lowest BCUT2D eigenvalue weighted by atomic mass is 10.2. The van der Waals surface area contributed by atoms with Crippen molar-refractivity contribution in [3.63, 3.8) is 0 Å². The second-order valence-corrected chi connectivity index (χ2v) is 7.98. The van der Waals surface area contributed by atoms with Crippen LogP contribution in [-0.4, -0.2) is 38.3 Å². The molecule has 0 radical (unpaired) electrons. The van der Waals surface area contributed by atoms with Gasteiger partial charge in [-0.2, -0.15) is 0 Å². The molecule has 1 fully saturated rings. The molecule has 0 saturated heterocycles. The Bertz CT molecular complexity index is 625. The quantitative estimate of drug-likeness (QED) is 0.827. The third kappa shape index (κ3) is 5.00. The molecule has 0 atom stereocenters. The van der Waals surface area contributed by atoms with Crippen molar-refractivity contribution >= 4 is 15.9 Å². The summed E-state index contributed by atoms with van der Waals surface area (Å²) in [6.45, 7) is 0.248. The molecule has 0 aromatic heterocycles. The van der Waals surface area contributed by atoms with Crippen molar-refractivity contribution in [2.45, 2.75) is 49.5 Å². The molecule has 128 valence electrons. The molecule has 7 heteroatoms. The third-order valence-electron chi connectivity index (χ3n) is 4.12. The summed E-state index contributed by atoms with van der Waals surface area (Å²) in [6.07, 6.45) is 5.14. The first kappa shape index (κ1) is 17.9. The predicted molar refractivity (Wildman–Crippen MR) is 85.8 cm³/mol. The smallest absolute Gasteiger partial charge is 0.242 e. The monoisotopic (exact) mass is 342 g/mol. The van der Waals surface area contributed by atoms with Gasteiger partial charge in [0.1, 0.15) is 5.82 Å². The van der Waals surface area contributed by atoms with E-state index in [1.807, 2.05) is 0 Å². The Labute approximate surface area is 136 Å². The fourth-order valence-corrected chi connectivity index (χ4v) is 3.95. The molecule has 5 nitrogen and oxygen atoms in total. The average molecular weight is 342 g/mol. The maximum atomic E-state index is 12.9. The lowest BCUT2D eigenvalue weighted by molar-refractivity contribution is -0.121. The van der Waals surface area contributed by atoms with E-state index in [-0.39, 0.29) is 23.4 Å². The van der Waals surface area contributed by atoms with Gasteiger partial charge in [-0.3, -0.25) is 4.79 Å². The van der Waals surface area contributed by atoms with Crippen molar-refractivity contribution in [1.29, 1.82) is 0 Å².